The van der Waals surface area contributed by atoms with Gasteiger partial charge in [-0.2, -0.15) is 0 Å². The van der Waals surface area contributed by atoms with Gasteiger partial charge in [0.15, 0.2) is 0 Å². The molecule has 0 heterocycles. The molecule has 1 N–H and O–H groups in total. The fraction of sp³-hybridized carbons (Fsp3) is 0.529. The first-order valence-corrected chi connectivity index (χ1v) is 7.15. The predicted octanol–water partition coefficient (Wildman–Crippen LogP) is 1.90. The van der Waals surface area contributed by atoms with Crippen LogP contribution in [0.1, 0.15) is 25.0 Å². The van der Waals surface area contributed by atoms with Crippen LogP contribution in [0.15, 0.2) is 18.2 Å². The first kappa shape index (κ1) is 17.5. The fourth-order valence-corrected chi connectivity index (χ4v) is 2.25. The molecule has 1 atom stereocenters. The number of aliphatic hydroxyl groups is 1. The van der Waals surface area contributed by atoms with Crippen molar-refractivity contribution in [3.05, 3.63) is 29.3 Å². The van der Waals surface area contributed by atoms with Crippen LogP contribution >= 0.6 is 0 Å². The van der Waals surface area contributed by atoms with Crippen LogP contribution in [0, 0.1) is 11.8 Å². The average molecular weight is 291 g/mol. The highest BCUT2D eigenvalue weighted by Crippen LogP contribution is 2.20. The zero-order valence-corrected chi connectivity index (χ0v) is 13.3. The minimum absolute atomic E-state index is 0.153. The number of aliphatic hydroxyl groups excluding tert-OH is 1. The summed E-state index contributed by atoms with van der Waals surface area (Å²) in [7, 11) is 3.35. The van der Waals surface area contributed by atoms with E-state index in [0.29, 0.717) is 12.6 Å². The highest BCUT2D eigenvalue weighted by molar-refractivity contribution is 5.48. The quantitative estimate of drug-likeness (QED) is 0.779. The molecule has 0 saturated heterocycles. The van der Waals surface area contributed by atoms with E-state index in [0.717, 1.165) is 24.4 Å². The Morgan fingerprint density at radius 2 is 2.10 bits per heavy atom. The summed E-state index contributed by atoms with van der Waals surface area (Å²) >= 11 is 0. The molecule has 0 spiro atoms. The lowest BCUT2D eigenvalue weighted by Gasteiger charge is -2.27. The zero-order valence-electron chi connectivity index (χ0n) is 13.3. The molecular weight excluding hydrogens is 266 g/mol. The molecule has 1 aromatic carbocycles. The molecule has 0 fully saturated rings. The maximum Gasteiger partial charge on any atom is 0.134 e. The number of hydrogen-bond acceptors (Lipinski definition) is 4. The van der Waals surface area contributed by atoms with Crippen LogP contribution in [0.2, 0.25) is 0 Å². The molecule has 1 aromatic rings. The van der Waals surface area contributed by atoms with Crippen molar-refractivity contribution in [2.24, 2.45) is 0 Å². The van der Waals surface area contributed by atoms with Gasteiger partial charge < -0.3 is 14.6 Å². The standard InChI is InChI=1S/C17H25NO3/c1-5-18(14(2)13-20-3)12-15-8-9-17(21-4)16(11-15)7-6-10-19/h8-9,11,14,19H,5,10,12-13H2,1-4H3. The molecule has 0 aromatic heterocycles. The third-order valence-corrected chi connectivity index (χ3v) is 3.39. The number of benzene rings is 1. The van der Waals surface area contributed by atoms with Crippen molar-refractivity contribution in [2.75, 3.05) is 34.0 Å². The molecule has 0 aliphatic rings. The van der Waals surface area contributed by atoms with Crippen LogP contribution in [-0.2, 0) is 11.3 Å². The molecule has 1 unspecified atom stereocenters. The average Bonchev–Trinajstić information content (AvgIpc) is 2.50. The number of nitrogens with zero attached hydrogens (tertiary/aromatic N) is 1. The Labute approximate surface area is 127 Å². The molecule has 4 nitrogen and oxygen atoms in total. The van der Waals surface area contributed by atoms with Crippen LogP contribution in [0.4, 0.5) is 0 Å². The number of ether oxygens (including phenoxy) is 2. The number of rotatable bonds is 7. The minimum atomic E-state index is -0.153. The number of likely N-dealkylation sites (N-methyl/N-ethyl adjacent to an activating group) is 1. The first-order chi connectivity index (χ1) is 10.2. The van der Waals surface area contributed by atoms with E-state index < -0.39 is 0 Å². The fourth-order valence-electron chi connectivity index (χ4n) is 2.25. The number of hydrogen-bond donors (Lipinski definition) is 1. The molecule has 0 aliphatic carbocycles. The van der Waals surface area contributed by atoms with Gasteiger partial charge in [0.05, 0.1) is 19.3 Å². The van der Waals surface area contributed by atoms with Gasteiger partial charge in [0, 0.05) is 19.7 Å². The summed E-state index contributed by atoms with van der Waals surface area (Å²) in [5.41, 5.74) is 1.97. The second-order valence-electron chi connectivity index (χ2n) is 4.86. The third-order valence-electron chi connectivity index (χ3n) is 3.39. The van der Waals surface area contributed by atoms with Gasteiger partial charge in [0.2, 0.25) is 0 Å². The molecule has 0 radical (unpaired) electrons. The van der Waals surface area contributed by atoms with Crippen molar-refractivity contribution >= 4 is 0 Å². The van der Waals surface area contributed by atoms with Gasteiger partial charge in [0.25, 0.3) is 0 Å². The summed E-state index contributed by atoms with van der Waals surface area (Å²) in [5, 5.41) is 8.84. The van der Waals surface area contributed by atoms with Crippen LogP contribution in [0.3, 0.4) is 0 Å². The summed E-state index contributed by atoms with van der Waals surface area (Å²) in [6.45, 7) is 6.64. The van der Waals surface area contributed by atoms with E-state index in [1.165, 1.54) is 5.56 Å². The maximum atomic E-state index is 8.84. The Hall–Kier alpha value is -1.54. The molecule has 0 bridgehead atoms. The molecule has 1 rings (SSSR count). The second kappa shape index (κ2) is 9.41. The lowest BCUT2D eigenvalue weighted by molar-refractivity contribution is 0.0982. The number of methoxy groups -OCH3 is 2. The van der Waals surface area contributed by atoms with E-state index in [4.69, 9.17) is 14.6 Å². The van der Waals surface area contributed by atoms with Gasteiger partial charge in [-0.05, 0) is 31.2 Å². The van der Waals surface area contributed by atoms with Gasteiger partial charge in [-0.1, -0.05) is 24.8 Å². The summed E-state index contributed by atoms with van der Waals surface area (Å²) < 4.78 is 10.5. The van der Waals surface area contributed by atoms with E-state index >= 15 is 0 Å². The van der Waals surface area contributed by atoms with Gasteiger partial charge in [0.1, 0.15) is 12.4 Å². The molecule has 0 saturated carbocycles. The summed E-state index contributed by atoms with van der Waals surface area (Å²) in [4.78, 5) is 2.34. The van der Waals surface area contributed by atoms with Crippen molar-refractivity contribution in [3.63, 3.8) is 0 Å². The zero-order chi connectivity index (χ0) is 15.7. The van der Waals surface area contributed by atoms with E-state index in [1.54, 1.807) is 14.2 Å². The summed E-state index contributed by atoms with van der Waals surface area (Å²) in [6, 6.07) is 6.34. The first-order valence-electron chi connectivity index (χ1n) is 7.15. The molecule has 116 valence electrons. The molecule has 4 heteroatoms. The highest BCUT2D eigenvalue weighted by atomic mass is 16.5. The van der Waals surface area contributed by atoms with Gasteiger partial charge in [-0.25, -0.2) is 0 Å². The Kier molecular flexibility index (Phi) is 7.84. The Bertz CT molecular complexity index is 491. The predicted molar refractivity (Wildman–Crippen MR) is 84.4 cm³/mol. The van der Waals surface area contributed by atoms with Crippen LogP contribution in [0.5, 0.6) is 5.75 Å². The largest absolute Gasteiger partial charge is 0.495 e. The SMILES string of the molecule is CCN(Cc1ccc(OC)c(C#CCO)c1)C(C)COC. The van der Waals surface area contributed by atoms with E-state index in [9.17, 15) is 0 Å². The summed E-state index contributed by atoms with van der Waals surface area (Å²) in [6.07, 6.45) is 0. The van der Waals surface area contributed by atoms with Crippen LogP contribution < -0.4 is 4.74 Å². The highest BCUT2D eigenvalue weighted by Gasteiger charge is 2.13. The van der Waals surface area contributed by atoms with Crippen molar-refractivity contribution in [1.82, 2.24) is 4.90 Å². The van der Waals surface area contributed by atoms with Gasteiger partial charge in [-0.15, -0.1) is 0 Å². The van der Waals surface area contributed by atoms with Crippen LogP contribution in [-0.4, -0.2) is 50.0 Å². The van der Waals surface area contributed by atoms with Crippen molar-refractivity contribution in [2.45, 2.75) is 26.4 Å². The smallest absolute Gasteiger partial charge is 0.134 e. The lowest BCUT2D eigenvalue weighted by atomic mass is 10.1. The topological polar surface area (TPSA) is 41.9 Å². The van der Waals surface area contributed by atoms with E-state index in [1.807, 2.05) is 18.2 Å². The van der Waals surface area contributed by atoms with E-state index in [-0.39, 0.29) is 6.61 Å². The van der Waals surface area contributed by atoms with E-state index in [2.05, 4.69) is 30.6 Å². The van der Waals surface area contributed by atoms with Gasteiger partial charge >= 0.3 is 0 Å². The van der Waals surface area contributed by atoms with Crippen LogP contribution in [0.25, 0.3) is 0 Å². The van der Waals surface area contributed by atoms with Crippen molar-refractivity contribution in [3.8, 4) is 17.6 Å². The van der Waals surface area contributed by atoms with Crippen molar-refractivity contribution in [1.29, 1.82) is 0 Å². The third kappa shape index (κ3) is 5.39. The second-order valence-corrected chi connectivity index (χ2v) is 4.86. The molecule has 0 amide bonds. The summed E-state index contributed by atoms with van der Waals surface area (Å²) in [5.74, 6) is 6.33. The normalized spacial score (nSPS) is 11.9. The minimum Gasteiger partial charge on any atom is -0.495 e. The molecule has 0 aliphatic heterocycles. The van der Waals surface area contributed by atoms with Gasteiger partial charge in [-0.3, -0.25) is 4.90 Å². The Morgan fingerprint density at radius 1 is 1.33 bits per heavy atom. The Balaban J connectivity index is 2.92. The lowest BCUT2D eigenvalue weighted by Crippen LogP contribution is -2.35. The Morgan fingerprint density at radius 3 is 2.67 bits per heavy atom. The molecule has 21 heavy (non-hydrogen) atoms. The maximum absolute atomic E-state index is 8.84. The molecular formula is C17H25NO3. The van der Waals surface area contributed by atoms with Crippen molar-refractivity contribution < 1.29 is 14.6 Å². The monoisotopic (exact) mass is 291 g/mol.